The van der Waals surface area contributed by atoms with Gasteiger partial charge in [0, 0.05) is 13.2 Å². The fourth-order valence-corrected chi connectivity index (χ4v) is 5.27. The van der Waals surface area contributed by atoms with Gasteiger partial charge in [0.1, 0.15) is 36.6 Å². The van der Waals surface area contributed by atoms with E-state index in [0.29, 0.717) is 11.1 Å². The van der Waals surface area contributed by atoms with E-state index >= 15 is 0 Å². The highest BCUT2D eigenvalue weighted by Crippen LogP contribution is 2.39. The van der Waals surface area contributed by atoms with Crippen LogP contribution in [0, 0.1) is 0 Å². The standard InChI is InChI=1S/C30H36O15/c1-13-22(35)23(36)24(37)28(41-13)44-25-26(43-21(34)9-5-14-4-7-17(32)19(10-14)38-2)29(39-3)45-30-27(25)42-20(12-40-30)15-6-8-16(31)18(33)11-15/h4-11,13,20,22-33,35-37H,12H2,1-3H3/t13-,20+,22-,23+,24+,25-,26-,27+,28-,29-,30+/m0/s1. The first-order chi connectivity index (χ1) is 21.5. The van der Waals surface area contributed by atoms with E-state index < -0.39 is 73.7 Å². The molecular formula is C30H36O15. The molecular weight excluding hydrogens is 600 g/mol. The summed E-state index contributed by atoms with van der Waals surface area (Å²) in [6.45, 7) is 1.44. The minimum Gasteiger partial charge on any atom is -0.504 e. The van der Waals surface area contributed by atoms with Crippen molar-refractivity contribution in [1.29, 1.82) is 0 Å². The number of methoxy groups -OCH3 is 2. The zero-order chi connectivity index (χ0) is 32.4. The van der Waals surface area contributed by atoms with Gasteiger partial charge in [0.2, 0.25) is 0 Å². The molecule has 15 heteroatoms. The molecule has 0 aliphatic carbocycles. The Morgan fingerprint density at radius 3 is 2.33 bits per heavy atom. The summed E-state index contributed by atoms with van der Waals surface area (Å²) in [7, 11) is 2.69. The van der Waals surface area contributed by atoms with E-state index in [1.54, 1.807) is 6.07 Å². The largest absolute Gasteiger partial charge is 0.504 e. The Morgan fingerprint density at radius 2 is 1.62 bits per heavy atom. The van der Waals surface area contributed by atoms with Gasteiger partial charge in [0.15, 0.2) is 48.0 Å². The van der Waals surface area contributed by atoms with Crippen molar-refractivity contribution in [3.63, 3.8) is 0 Å². The van der Waals surface area contributed by atoms with Crippen LogP contribution in [0.4, 0.5) is 0 Å². The van der Waals surface area contributed by atoms with Crippen LogP contribution in [0.15, 0.2) is 42.5 Å². The zero-order valence-corrected chi connectivity index (χ0v) is 24.5. The van der Waals surface area contributed by atoms with Crippen molar-refractivity contribution in [2.75, 3.05) is 20.8 Å². The summed E-state index contributed by atoms with van der Waals surface area (Å²) >= 11 is 0. The molecule has 2 aromatic rings. The minimum atomic E-state index is -1.70. The van der Waals surface area contributed by atoms with Crippen molar-refractivity contribution in [2.24, 2.45) is 0 Å². The molecule has 0 saturated carbocycles. The Hall–Kier alpha value is -3.51. The van der Waals surface area contributed by atoms with Gasteiger partial charge >= 0.3 is 5.97 Å². The molecule has 2 aromatic carbocycles. The zero-order valence-electron chi connectivity index (χ0n) is 24.5. The number of hydrogen-bond acceptors (Lipinski definition) is 15. The number of rotatable bonds is 8. The van der Waals surface area contributed by atoms with Crippen LogP contribution in [0.1, 0.15) is 24.2 Å². The normalized spacial score (nSPS) is 35.1. The summed E-state index contributed by atoms with van der Waals surface area (Å²) in [5.74, 6) is -1.44. The Kier molecular flexibility index (Phi) is 10.1. The number of carbonyl (C=O) groups excluding carboxylic acids is 1. The van der Waals surface area contributed by atoms with Crippen LogP contribution in [-0.4, -0.2) is 119 Å². The van der Waals surface area contributed by atoms with E-state index in [4.69, 9.17) is 37.9 Å². The Balaban J connectivity index is 1.43. The van der Waals surface area contributed by atoms with Crippen LogP contribution < -0.4 is 4.74 Å². The summed E-state index contributed by atoms with van der Waals surface area (Å²) in [6, 6.07) is 8.57. The van der Waals surface area contributed by atoms with Gasteiger partial charge in [0.05, 0.1) is 19.8 Å². The van der Waals surface area contributed by atoms with Crippen molar-refractivity contribution in [3.05, 3.63) is 53.6 Å². The Labute approximate surface area is 257 Å². The summed E-state index contributed by atoms with van der Waals surface area (Å²) < 4.78 is 46.2. The lowest BCUT2D eigenvalue weighted by Gasteiger charge is -2.49. The first kappa shape index (κ1) is 32.9. The third-order valence-electron chi connectivity index (χ3n) is 7.76. The Morgan fingerprint density at radius 1 is 0.867 bits per heavy atom. The first-order valence-electron chi connectivity index (χ1n) is 14.1. The molecule has 45 heavy (non-hydrogen) atoms. The molecule has 3 fully saturated rings. The molecule has 0 radical (unpaired) electrons. The molecule has 0 amide bonds. The molecule has 11 atom stereocenters. The summed E-state index contributed by atoms with van der Waals surface area (Å²) in [6.07, 6.45) is -11.6. The number of phenolic OH excluding ortho intramolecular Hbond substituents is 3. The monoisotopic (exact) mass is 636 g/mol. The van der Waals surface area contributed by atoms with E-state index in [9.17, 15) is 35.4 Å². The number of esters is 1. The van der Waals surface area contributed by atoms with Gasteiger partial charge in [-0.2, -0.15) is 0 Å². The minimum absolute atomic E-state index is 0.0394. The molecule has 5 rings (SSSR count). The van der Waals surface area contributed by atoms with Crippen LogP contribution in [0.25, 0.3) is 6.08 Å². The second-order valence-corrected chi connectivity index (χ2v) is 10.7. The van der Waals surface area contributed by atoms with E-state index in [0.717, 1.165) is 6.08 Å². The third-order valence-corrected chi connectivity index (χ3v) is 7.76. The molecule has 3 aliphatic heterocycles. The summed E-state index contributed by atoms with van der Waals surface area (Å²) in [5.41, 5.74) is 0.959. The fraction of sp³-hybridized carbons (Fsp3) is 0.500. The van der Waals surface area contributed by atoms with E-state index in [1.165, 1.54) is 57.6 Å². The van der Waals surface area contributed by atoms with E-state index in [1.807, 2.05) is 0 Å². The van der Waals surface area contributed by atoms with Crippen molar-refractivity contribution in [2.45, 2.75) is 74.6 Å². The maximum absolute atomic E-state index is 13.1. The summed E-state index contributed by atoms with van der Waals surface area (Å²) in [5, 5.41) is 60.9. The van der Waals surface area contributed by atoms with Gasteiger partial charge in [0.25, 0.3) is 0 Å². The van der Waals surface area contributed by atoms with E-state index in [2.05, 4.69) is 0 Å². The SMILES string of the molecule is COc1cc(C=CC(=O)O[C@@H]2[C@@H](OC)O[C@H]3OC[C@H](c4ccc(O)c(O)c4)O[C@@H]3[C@H]2O[C@@H]2O[C@@H](C)[C@H](O)[C@@H](O)[C@H]2O)ccc1O. The molecule has 0 bridgehead atoms. The number of aromatic hydroxyl groups is 3. The summed E-state index contributed by atoms with van der Waals surface area (Å²) in [4.78, 5) is 13.1. The highest BCUT2D eigenvalue weighted by atomic mass is 16.8. The third kappa shape index (κ3) is 7.01. The van der Waals surface area contributed by atoms with Crippen molar-refractivity contribution in [3.8, 4) is 23.0 Å². The van der Waals surface area contributed by atoms with Crippen LogP contribution in [0.5, 0.6) is 23.0 Å². The smallest absolute Gasteiger partial charge is 0.331 e. The van der Waals surface area contributed by atoms with Crippen molar-refractivity contribution < 1.29 is 73.3 Å². The highest BCUT2D eigenvalue weighted by molar-refractivity contribution is 5.87. The molecule has 15 nitrogen and oxygen atoms in total. The Bertz CT molecular complexity index is 1370. The average molecular weight is 637 g/mol. The fourth-order valence-electron chi connectivity index (χ4n) is 5.27. The van der Waals surface area contributed by atoms with Crippen LogP contribution >= 0.6 is 0 Å². The van der Waals surface area contributed by atoms with Crippen molar-refractivity contribution in [1.82, 2.24) is 0 Å². The first-order valence-corrected chi connectivity index (χ1v) is 14.1. The topological polar surface area (TPSA) is 212 Å². The molecule has 0 unspecified atom stereocenters. The number of aliphatic hydroxyl groups is 3. The van der Waals surface area contributed by atoms with Gasteiger partial charge in [-0.25, -0.2) is 4.79 Å². The molecule has 3 heterocycles. The lowest BCUT2D eigenvalue weighted by molar-refractivity contribution is -0.405. The number of ether oxygens (including phenoxy) is 8. The maximum atomic E-state index is 13.1. The van der Waals surface area contributed by atoms with Gasteiger partial charge in [-0.05, 0) is 48.4 Å². The van der Waals surface area contributed by atoms with E-state index in [-0.39, 0.29) is 29.6 Å². The molecule has 6 N–H and O–H groups in total. The second-order valence-electron chi connectivity index (χ2n) is 10.7. The molecule has 246 valence electrons. The van der Waals surface area contributed by atoms with Gasteiger partial charge in [-0.3, -0.25) is 0 Å². The van der Waals surface area contributed by atoms with Gasteiger partial charge in [-0.1, -0.05) is 12.1 Å². The molecule has 0 spiro atoms. The number of hydrogen-bond donors (Lipinski definition) is 6. The van der Waals surface area contributed by atoms with Crippen LogP contribution in [0.2, 0.25) is 0 Å². The van der Waals surface area contributed by atoms with Gasteiger partial charge in [-0.15, -0.1) is 0 Å². The number of aliphatic hydroxyl groups excluding tert-OH is 3. The molecule has 3 saturated heterocycles. The highest BCUT2D eigenvalue weighted by Gasteiger charge is 2.55. The van der Waals surface area contributed by atoms with Crippen LogP contribution in [0.3, 0.4) is 0 Å². The predicted molar refractivity (Wildman–Crippen MR) is 150 cm³/mol. The molecule has 0 aromatic heterocycles. The number of phenols is 3. The predicted octanol–water partition coefficient (Wildman–Crippen LogP) is 0.435. The maximum Gasteiger partial charge on any atom is 0.331 e. The quantitative estimate of drug-likeness (QED) is 0.132. The number of fused-ring (bicyclic) bond motifs is 1. The lowest BCUT2D eigenvalue weighted by atomic mass is 9.98. The van der Waals surface area contributed by atoms with Gasteiger partial charge < -0.3 is 68.5 Å². The number of benzene rings is 2. The van der Waals surface area contributed by atoms with Crippen molar-refractivity contribution >= 4 is 12.0 Å². The molecule has 3 aliphatic rings. The number of carbonyl (C=O) groups is 1. The van der Waals surface area contributed by atoms with Crippen LogP contribution in [-0.2, 0) is 38.0 Å². The lowest BCUT2D eigenvalue weighted by Crippen LogP contribution is -2.66. The average Bonchev–Trinajstić information content (AvgIpc) is 3.03. The second kappa shape index (κ2) is 13.9.